The second-order valence-corrected chi connectivity index (χ2v) is 7.92. The van der Waals surface area contributed by atoms with Crippen LogP contribution >= 0.6 is 11.8 Å². The number of aromatic nitrogens is 2. The van der Waals surface area contributed by atoms with Crippen molar-refractivity contribution in [1.82, 2.24) is 25.3 Å². The molecule has 1 aromatic carbocycles. The zero-order valence-corrected chi connectivity index (χ0v) is 15.8. The number of nitrogens with zero attached hydrogens (tertiary/aromatic N) is 3. The van der Waals surface area contributed by atoms with Crippen molar-refractivity contribution in [2.24, 2.45) is 7.05 Å². The third-order valence-corrected chi connectivity index (χ3v) is 6.21. The Balaban J connectivity index is 1.40. The number of para-hydroxylation sites is 2. The number of hydrazine groups is 1. The Morgan fingerprint density at radius 3 is 2.74 bits per heavy atom. The summed E-state index contributed by atoms with van der Waals surface area (Å²) < 4.78 is 1.91. The lowest BCUT2D eigenvalue weighted by molar-refractivity contribution is -0.139. The third kappa shape index (κ3) is 3.16. The van der Waals surface area contributed by atoms with E-state index in [4.69, 9.17) is 0 Å². The first-order chi connectivity index (χ1) is 13.0. The molecule has 8 nitrogen and oxygen atoms in total. The molecule has 2 fully saturated rings. The molecule has 2 aromatic rings. The van der Waals surface area contributed by atoms with E-state index in [0.717, 1.165) is 35.3 Å². The molecule has 4 rings (SSSR count). The molecule has 1 saturated heterocycles. The SMILES string of the molecule is Cn1c(SCC(=O)NN2C(=O)NC3(CCCCC3)C2=O)nc2ccccc21. The summed E-state index contributed by atoms with van der Waals surface area (Å²) in [6.07, 6.45) is 4.11. The number of benzene rings is 1. The molecule has 1 spiro atoms. The van der Waals surface area contributed by atoms with Crippen molar-refractivity contribution in [2.75, 3.05) is 5.75 Å². The lowest BCUT2D eigenvalue weighted by atomic mass is 9.82. The Morgan fingerprint density at radius 1 is 1.26 bits per heavy atom. The van der Waals surface area contributed by atoms with Crippen molar-refractivity contribution in [3.63, 3.8) is 0 Å². The van der Waals surface area contributed by atoms with Crippen LogP contribution in [0.1, 0.15) is 32.1 Å². The Hall–Kier alpha value is -2.55. The minimum Gasteiger partial charge on any atom is -0.322 e. The molecule has 1 saturated carbocycles. The molecule has 2 aliphatic rings. The third-order valence-electron chi connectivity index (χ3n) is 5.18. The molecule has 0 radical (unpaired) electrons. The van der Waals surface area contributed by atoms with Gasteiger partial charge in [0.15, 0.2) is 5.16 Å². The molecule has 1 aliphatic heterocycles. The van der Waals surface area contributed by atoms with Crippen molar-refractivity contribution >= 4 is 40.6 Å². The zero-order valence-electron chi connectivity index (χ0n) is 15.0. The van der Waals surface area contributed by atoms with E-state index in [-0.39, 0.29) is 11.7 Å². The summed E-state index contributed by atoms with van der Waals surface area (Å²) in [7, 11) is 1.89. The summed E-state index contributed by atoms with van der Waals surface area (Å²) in [6.45, 7) is 0. The highest BCUT2D eigenvalue weighted by molar-refractivity contribution is 7.99. The summed E-state index contributed by atoms with van der Waals surface area (Å²) >= 11 is 1.26. The predicted octanol–water partition coefficient (Wildman–Crippen LogP) is 1.95. The van der Waals surface area contributed by atoms with Gasteiger partial charge in [-0.2, -0.15) is 5.01 Å². The van der Waals surface area contributed by atoms with E-state index in [0.29, 0.717) is 18.0 Å². The number of amides is 4. The number of fused-ring (bicyclic) bond motifs is 1. The molecule has 2 heterocycles. The van der Waals surface area contributed by atoms with Crippen LogP contribution in [0.15, 0.2) is 29.4 Å². The van der Waals surface area contributed by atoms with E-state index in [1.807, 2.05) is 35.9 Å². The smallest absolute Gasteiger partial charge is 0.322 e. The summed E-state index contributed by atoms with van der Waals surface area (Å²) in [6, 6.07) is 7.17. The maximum Gasteiger partial charge on any atom is 0.344 e. The van der Waals surface area contributed by atoms with Gasteiger partial charge in [0.05, 0.1) is 16.8 Å². The van der Waals surface area contributed by atoms with Gasteiger partial charge < -0.3 is 9.88 Å². The molecule has 0 unspecified atom stereocenters. The van der Waals surface area contributed by atoms with Crippen molar-refractivity contribution in [3.05, 3.63) is 24.3 Å². The Morgan fingerprint density at radius 2 is 2.00 bits per heavy atom. The van der Waals surface area contributed by atoms with E-state index in [1.54, 1.807) is 0 Å². The van der Waals surface area contributed by atoms with Crippen LogP contribution in [0.2, 0.25) is 0 Å². The number of imide groups is 1. The average molecular weight is 387 g/mol. The molecule has 2 N–H and O–H groups in total. The number of urea groups is 1. The molecule has 9 heteroatoms. The first-order valence-electron chi connectivity index (χ1n) is 9.01. The number of hydrogen-bond donors (Lipinski definition) is 2. The van der Waals surface area contributed by atoms with E-state index in [1.165, 1.54) is 11.8 Å². The summed E-state index contributed by atoms with van der Waals surface area (Å²) in [5.41, 5.74) is 3.45. The summed E-state index contributed by atoms with van der Waals surface area (Å²) in [5, 5.41) is 4.31. The Kier molecular flexibility index (Phi) is 4.55. The predicted molar refractivity (Wildman–Crippen MR) is 101 cm³/mol. The van der Waals surface area contributed by atoms with Gasteiger partial charge in [0.25, 0.3) is 5.91 Å². The first-order valence-corrected chi connectivity index (χ1v) is 9.99. The largest absolute Gasteiger partial charge is 0.344 e. The van der Waals surface area contributed by atoms with E-state index < -0.39 is 17.5 Å². The van der Waals surface area contributed by atoms with Gasteiger partial charge in [0, 0.05) is 7.05 Å². The minimum atomic E-state index is -0.840. The number of thioether (sulfide) groups is 1. The van der Waals surface area contributed by atoms with Crippen LogP contribution in [-0.2, 0) is 16.6 Å². The molecular weight excluding hydrogens is 366 g/mol. The second-order valence-electron chi connectivity index (χ2n) is 6.98. The molecule has 0 atom stereocenters. The Bertz CT molecular complexity index is 919. The van der Waals surface area contributed by atoms with Crippen molar-refractivity contribution in [3.8, 4) is 0 Å². The van der Waals surface area contributed by atoms with Crippen molar-refractivity contribution < 1.29 is 14.4 Å². The van der Waals surface area contributed by atoms with E-state index >= 15 is 0 Å². The Labute approximate surface area is 160 Å². The zero-order chi connectivity index (χ0) is 19.0. The molecule has 142 valence electrons. The molecule has 1 aromatic heterocycles. The summed E-state index contributed by atoms with van der Waals surface area (Å²) in [4.78, 5) is 41.7. The van der Waals surface area contributed by atoms with Crippen LogP contribution < -0.4 is 10.7 Å². The van der Waals surface area contributed by atoms with Crippen molar-refractivity contribution in [1.29, 1.82) is 0 Å². The lowest BCUT2D eigenvalue weighted by Crippen LogP contribution is -2.51. The lowest BCUT2D eigenvalue weighted by Gasteiger charge is -2.30. The van der Waals surface area contributed by atoms with Gasteiger partial charge in [-0.05, 0) is 25.0 Å². The number of nitrogens with one attached hydrogen (secondary N) is 2. The highest BCUT2D eigenvalue weighted by Crippen LogP contribution is 2.33. The number of rotatable bonds is 4. The standard InChI is InChI=1S/C18H21N5O3S/c1-22-13-8-4-3-7-12(13)19-17(22)27-11-14(24)21-23-15(25)18(20-16(23)26)9-5-2-6-10-18/h3-4,7-8H,2,5-6,9-11H2,1H3,(H,20,26)(H,21,24). The average Bonchev–Trinajstić information content (AvgIpc) is 3.10. The first kappa shape index (κ1) is 17.8. The van der Waals surface area contributed by atoms with E-state index in [2.05, 4.69) is 15.7 Å². The normalized spacial score (nSPS) is 18.9. The quantitative estimate of drug-likeness (QED) is 0.617. The van der Waals surface area contributed by atoms with Crippen molar-refractivity contribution in [2.45, 2.75) is 42.8 Å². The molecule has 1 aliphatic carbocycles. The molecule has 27 heavy (non-hydrogen) atoms. The number of hydrogen-bond acceptors (Lipinski definition) is 5. The summed E-state index contributed by atoms with van der Waals surface area (Å²) in [5.74, 6) is -0.710. The minimum absolute atomic E-state index is 0.0568. The van der Waals surface area contributed by atoms with Gasteiger partial charge >= 0.3 is 6.03 Å². The van der Waals surface area contributed by atoms with Gasteiger partial charge in [-0.1, -0.05) is 43.2 Å². The van der Waals surface area contributed by atoms with E-state index in [9.17, 15) is 14.4 Å². The van der Waals surface area contributed by atoms with Crippen LogP contribution in [0, 0.1) is 0 Å². The van der Waals surface area contributed by atoms with Crippen LogP contribution in [0.4, 0.5) is 4.79 Å². The van der Waals surface area contributed by atoms with Crippen LogP contribution in [-0.4, -0.2) is 43.7 Å². The van der Waals surface area contributed by atoms with Crippen LogP contribution in [0.25, 0.3) is 11.0 Å². The fraction of sp³-hybridized carbons (Fsp3) is 0.444. The highest BCUT2D eigenvalue weighted by atomic mass is 32.2. The molecule has 4 amide bonds. The highest BCUT2D eigenvalue weighted by Gasteiger charge is 2.52. The van der Waals surface area contributed by atoms with Crippen LogP contribution in [0.3, 0.4) is 0 Å². The second kappa shape index (κ2) is 6.88. The van der Waals surface area contributed by atoms with Crippen LogP contribution in [0.5, 0.6) is 0 Å². The number of aryl methyl sites for hydroxylation is 1. The van der Waals surface area contributed by atoms with Gasteiger partial charge in [-0.25, -0.2) is 9.78 Å². The maximum absolute atomic E-state index is 12.7. The fourth-order valence-corrected chi connectivity index (χ4v) is 4.54. The monoisotopic (exact) mass is 387 g/mol. The number of imidazole rings is 1. The maximum atomic E-state index is 12.7. The van der Waals surface area contributed by atoms with Gasteiger partial charge in [0.2, 0.25) is 5.91 Å². The van der Waals surface area contributed by atoms with Gasteiger partial charge in [-0.15, -0.1) is 0 Å². The molecular formula is C18H21N5O3S. The fourth-order valence-electron chi connectivity index (χ4n) is 3.76. The number of carbonyl (C=O) groups is 3. The van der Waals surface area contributed by atoms with Gasteiger partial charge in [0.1, 0.15) is 5.54 Å². The number of carbonyl (C=O) groups excluding carboxylic acids is 3. The van der Waals surface area contributed by atoms with Gasteiger partial charge in [-0.3, -0.25) is 15.0 Å². The molecule has 0 bridgehead atoms. The topological polar surface area (TPSA) is 96.3 Å².